The monoisotopic (exact) mass is 263 g/mol. The lowest BCUT2D eigenvalue weighted by atomic mass is 9.51. The van der Waals surface area contributed by atoms with Crippen LogP contribution < -0.4 is 5.32 Å². The highest BCUT2D eigenvalue weighted by Crippen LogP contribution is 2.57. The quantitative estimate of drug-likeness (QED) is 0.797. The summed E-state index contributed by atoms with van der Waals surface area (Å²) in [5, 5.41) is 3.66. The topological polar surface area (TPSA) is 12.0 Å². The van der Waals surface area contributed by atoms with Crippen molar-refractivity contribution in [3.05, 3.63) is 35.6 Å². The Balaban J connectivity index is 2.21. The van der Waals surface area contributed by atoms with Crippen LogP contribution in [-0.2, 0) is 0 Å². The van der Waals surface area contributed by atoms with Gasteiger partial charge in [0.05, 0.1) is 0 Å². The second-order valence-corrected chi connectivity index (χ2v) is 5.76. The van der Waals surface area contributed by atoms with E-state index in [0.29, 0.717) is 12.0 Å². The van der Waals surface area contributed by atoms with Gasteiger partial charge in [0.1, 0.15) is 5.82 Å². The molecule has 2 heteroatoms. The Bertz CT molecular complexity index is 411. The first-order chi connectivity index (χ1) is 9.19. The summed E-state index contributed by atoms with van der Waals surface area (Å²) in [7, 11) is 0. The molecule has 0 radical (unpaired) electrons. The van der Waals surface area contributed by atoms with Gasteiger partial charge >= 0.3 is 0 Å². The molecule has 1 aromatic rings. The Morgan fingerprint density at radius 3 is 2.47 bits per heavy atom. The summed E-state index contributed by atoms with van der Waals surface area (Å²) < 4.78 is 14.0. The van der Waals surface area contributed by atoms with Crippen molar-refractivity contribution in [3.63, 3.8) is 0 Å². The van der Waals surface area contributed by atoms with Gasteiger partial charge in [0.2, 0.25) is 0 Å². The molecule has 1 aliphatic rings. The van der Waals surface area contributed by atoms with Crippen LogP contribution in [0.2, 0.25) is 0 Å². The van der Waals surface area contributed by atoms with Crippen molar-refractivity contribution in [3.8, 4) is 0 Å². The van der Waals surface area contributed by atoms with Crippen molar-refractivity contribution in [1.29, 1.82) is 0 Å². The summed E-state index contributed by atoms with van der Waals surface area (Å²) in [6.07, 6.45) is 4.46. The van der Waals surface area contributed by atoms with E-state index in [-0.39, 0.29) is 11.2 Å². The first-order valence-corrected chi connectivity index (χ1v) is 7.67. The molecule has 2 unspecified atom stereocenters. The van der Waals surface area contributed by atoms with E-state index in [4.69, 9.17) is 0 Å². The maximum atomic E-state index is 14.0. The van der Waals surface area contributed by atoms with E-state index in [2.05, 4.69) is 26.1 Å². The molecule has 0 saturated heterocycles. The maximum absolute atomic E-state index is 14.0. The normalized spacial score (nSPS) is 25.1. The second kappa shape index (κ2) is 6.04. The van der Waals surface area contributed by atoms with Crippen molar-refractivity contribution < 1.29 is 4.39 Å². The highest BCUT2D eigenvalue weighted by Gasteiger charge is 2.53. The number of halogens is 1. The Morgan fingerprint density at radius 1 is 1.21 bits per heavy atom. The smallest absolute Gasteiger partial charge is 0.126 e. The maximum Gasteiger partial charge on any atom is 0.126 e. The third-order valence-electron chi connectivity index (χ3n) is 5.10. The molecule has 0 heterocycles. The molecule has 0 bridgehead atoms. The van der Waals surface area contributed by atoms with Gasteiger partial charge in [-0.1, -0.05) is 39.0 Å². The van der Waals surface area contributed by atoms with Gasteiger partial charge in [-0.3, -0.25) is 0 Å². The second-order valence-electron chi connectivity index (χ2n) is 5.76. The zero-order valence-electron chi connectivity index (χ0n) is 12.4. The molecule has 1 aliphatic carbocycles. The Morgan fingerprint density at radius 2 is 1.89 bits per heavy atom. The first kappa shape index (κ1) is 14.5. The minimum absolute atomic E-state index is 0.0345. The molecular weight excluding hydrogens is 237 g/mol. The SMILES string of the molecule is CCCNC1CC(c2ccccc2F)C1(CC)CC. The van der Waals surface area contributed by atoms with Crippen molar-refractivity contribution >= 4 is 0 Å². The molecule has 0 aliphatic heterocycles. The molecule has 0 spiro atoms. The molecule has 1 aromatic carbocycles. The summed E-state index contributed by atoms with van der Waals surface area (Å²) in [6, 6.07) is 7.85. The van der Waals surface area contributed by atoms with Crippen LogP contribution in [0.15, 0.2) is 24.3 Å². The molecule has 0 amide bonds. The summed E-state index contributed by atoms with van der Waals surface area (Å²) in [5.41, 5.74) is 1.15. The van der Waals surface area contributed by atoms with Crippen LogP contribution >= 0.6 is 0 Å². The van der Waals surface area contributed by atoms with Crippen LogP contribution in [0.4, 0.5) is 4.39 Å². The largest absolute Gasteiger partial charge is 0.313 e. The van der Waals surface area contributed by atoms with E-state index in [0.717, 1.165) is 37.8 Å². The van der Waals surface area contributed by atoms with Gasteiger partial charge in [0.15, 0.2) is 0 Å². The molecule has 1 nitrogen and oxygen atoms in total. The van der Waals surface area contributed by atoms with Gasteiger partial charge in [-0.2, -0.15) is 0 Å². The number of hydrogen-bond acceptors (Lipinski definition) is 1. The lowest BCUT2D eigenvalue weighted by molar-refractivity contribution is 0.0184. The van der Waals surface area contributed by atoms with Gasteiger partial charge in [-0.25, -0.2) is 4.39 Å². The van der Waals surface area contributed by atoms with Gasteiger partial charge in [-0.05, 0) is 55.2 Å². The molecular formula is C17H26FN. The van der Waals surface area contributed by atoms with Gasteiger partial charge in [-0.15, -0.1) is 0 Å². The number of hydrogen-bond donors (Lipinski definition) is 1. The van der Waals surface area contributed by atoms with Gasteiger partial charge in [0, 0.05) is 6.04 Å². The van der Waals surface area contributed by atoms with Crippen LogP contribution in [0, 0.1) is 11.2 Å². The third-order valence-corrected chi connectivity index (χ3v) is 5.10. The number of nitrogens with one attached hydrogen (secondary N) is 1. The van der Waals surface area contributed by atoms with Gasteiger partial charge < -0.3 is 5.32 Å². The van der Waals surface area contributed by atoms with Crippen LogP contribution in [-0.4, -0.2) is 12.6 Å². The highest BCUT2D eigenvalue weighted by atomic mass is 19.1. The fraction of sp³-hybridized carbons (Fsp3) is 0.647. The van der Waals surface area contributed by atoms with E-state index in [1.807, 2.05) is 12.1 Å². The standard InChI is InChI=1S/C17H26FN/c1-4-11-19-16-12-14(17(16,5-2)6-3)13-9-7-8-10-15(13)18/h7-10,14,16,19H,4-6,11-12H2,1-3H3. The van der Waals surface area contributed by atoms with Crippen LogP contribution in [0.25, 0.3) is 0 Å². The Hall–Kier alpha value is -0.890. The van der Waals surface area contributed by atoms with Crippen LogP contribution in [0.1, 0.15) is 57.9 Å². The molecule has 2 rings (SSSR count). The van der Waals surface area contributed by atoms with Crippen molar-refractivity contribution in [2.45, 2.75) is 58.4 Å². The van der Waals surface area contributed by atoms with E-state index in [9.17, 15) is 4.39 Å². The molecule has 19 heavy (non-hydrogen) atoms. The molecule has 2 atom stereocenters. The van der Waals surface area contributed by atoms with E-state index in [1.165, 1.54) is 0 Å². The average Bonchev–Trinajstić information content (AvgIpc) is 2.41. The zero-order valence-corrected chi connectivity index (χ0v) is 12.4. The van der Waals surface area contributed by atoms with Crippen molar-refractivity contribution in [1.82, 2.24) is 5.32 Å². The number of benzene rings is 1. The Labute approximate surface area is 116 Å². The van der Waals surface area contributed by atoms with Gasteiger partial charge in [0.25, 0.3) is 0 Å². The zero-order chi connectivity index (χ0) is 13.9. The lowest BCUT2D eigenvalue weighted by Crippen LogP contribution is -2.58. The molecule has 1 fully saturated rings. The minimum Gasteiger partial charge on any atom is -0.313 e. The molecule has 0 aromatic heterocycles. The minimum atomic E-state index is -0.0345. The lowest BCUT2D eigenvalue weighted by Gasteiger charge is -2.56. The summed E-state index contributed by atoms with van der Waals surface area (Å²) >= 11 is 0. The van der Waals surface area contributed by atoms with Crippen LogP contribution in [0.3, 0.4) is 0 Å². The summed E-state index contributed by atoms with van der Waals surface area (Å²) in [5.74, 6) is 0.339. The third kappa shape index (κ3) is 2.43. The highest BCUT2D eigenvalue weighted by molar-refractivity contribution is 5.29. The van der Waals surface area contributed by atoms with Crippen LogP contribution in [0.5, 0.6) is 0 Å². The predicted octanol–water partition coefficient (Wildman–Crippen LogP) is 4.49. The average molecular weight is 263 g/mol. The Kier molecular flexibility index (Phi) is 4.62. The summed E-state index contributed by atoms with van der Waals surface area (Å²) in [4.78, 5) is 0. The fourth-order valence-corrected chi connectivity index (χ4v) is 3.82. The number of rotatable bonds is 6. The van der Waals surface area contributed by atoms with Crippen molar-refractivity contribution in [2.24, 2.45) is 5.41 Å². The van der Waals surface area contributed by atoms with E-state index < -0.39 is 0 Å². The fourth-order valence-electron chi connectivity index (χ4n) is 3.82. The molecule has 106 valence electrons. The molecule has 1 saturated carbocycles. The summed E-state index contributed by atoms with van der Waals surface area (Å²) in [6.45, 7) is 7.75. The van der Waals surface area contributed by atoms with Crippen molar-refractivity contribution in [2.75, 3.05) is 6.54 Å². The van der Waals surface area contributed by atoms with E-state index >= 15 is 0 Å². The first-order valence-electron chi connectivity index (χ1n) is 7.67. The predicted molar refractivity (Wildman–Crippen MR) is 78.9 cm³/mol. The molecule has 1 N–H and O–H groups in total. The van der Waals surface area contributed by atoms with E-state index in [1.54, 1.807) is 12.1 Å².